The van der Waals surface area contributed by atoms with Crippen molar-refractivity contribution in [2.24, 2.45) is 5.41 Å². The molecule has 66 heavy (non-hydrogen) atoms. The highest BCUT2D eigenvalue weighted by Gasteiger charge is 2.32. The van der Waals surface area contributed by atoms with Gasteiger partial charge in [-0.05, 0) is 104 Å². The zero-order valence-corrected chi connectivity index (χ0v) is 39.1. The third-order valence-electron chi connectivity index (χ3n) is 13.1. The number of benzene rings is 3. The normalized spacial score (nSPS) is 19.5. The number of allylic oxidation sites excluding steroid dienone is 1. The number of likely N-dealkylation sites (N-methyl/N-ethyl adjacent to an activating group) is 1. The second-order valence-corrected chi connectivity index (χ2v) is 20.6. The molecular formula is C48H56ClN9O7S. The van der Waals surface area contributed by atoms with Crippen LogP contribution >= 0.6 is 11.6 Å². The maximum absolute atomic E-state index is 14.4. The van der Waals surface area contributed by atoms with E-state index in [2.05, 4.69) is 55.7 Å². The summed E-state index contributed by atoms with van der Waals surface area (Å²) in [6.07, 6.45) is 5.40. The number of anilines is 4. The summed E-state index contributed by atoms with van der Waals surface area (Å²) in [5.74, 6) is -0.491. The fourth-order valence-corrected chi connectivity index (χ4v) is 10.6. The molecule has 1 aliphatic carbocycles. The first kappa shape index (κ1) is 45.4. The van der Waals surface area contributed by atoms with Crippen molar-refractivity contribution in [2.45, 2.75) is 50.5 Å². The van der Waals surface area contributed by atoms with Crippen molar-refractivity contribution < 1.29 is 27.6 Å². The van der Waals surface area contributed by atoms with Crippen LogP contribution in [-0.2, 0) is 14.8 Å². The molecule has 9 rings (SSSR count). The molecule has 3 N–H and O–H groups in total. The molecule has 5 heterocycles. The SMILES string of the molecule is CN1CCO[C@H](CNc2ccc(S(=O)(=O)NC(=O)c3ccc(N4CCN(CC5=C(c6ccc(Cl)cc6)CC(C)(C)CC5)CC4)cc3N3CCCOc4nc5[nH]ccc5cc43)cc2[N+](=O)[O-])C1. The zero-order valence-electron chi connectivity index (χ0n) is 37.5. The number of morpholine rings is 1. The largest absolute Gasteiger partial charge is 0.476 e. The third-order valence-corrected chi connectivity index (χ3v) is 14.7. The summed E-state index contributed by atoms with van der Waals surface area (Å²) in [6, 6.07) is 21.1. The van der Waals surface area contributed by atoms with Gasteiger partial charge in [0.15, 0.2) is 0 Å². The minimum Gasteiger partial charge on any atom is -0.476 e. The van der Waals surface area contributed by atoms with E-state index >= 15 is 0 Å². The summed E-state index contributed by atoms with van der Waals surface area (Å²) in [6.45, 7) is 11.8. The molecule has 0 bridgehead atoms. The highest BCUT2D eigenvalue weighted by molar-refractivity contribution is 7.90. The number of fused-ring (bicyclic) bond motifs is 2. The van der Waals surface area contributed by atoms with Gasteiger partial charge in [-0.25, -0.2) is 13.1 Å². The lowest BCUT2D eigenvalue weighted by atomic mass is 9.72. The average molecular weight is 939 g/mol. The van der Waals surface area contributed by atoms with E-state index in [-0.39, 0.29) is 22.8 Å². The predicted molar refractivity (Wildman–Crippen MR) is 258 cm³/mol. The van der Waals surface area contributed by atoms with Crippen LogP contribution in [0.15, 0.2) is 89.5 Å². The summed E-state index contributed by atoms with van der Waals surface area (Å²) in [5.41, 5.74) is 6.83. The van der Waals surface area contributed by atoms with Crippen LogP contribution in [-0.4, -0.2) is 124 Å². The van der Waals surface area contributed by atoms with Crippen molar-refractivity contribution in [2.75, 3.05) is 94.3 Å². The Morgan fingerprint density at radius 3 is 2.56 bits per heavy atom. The number of rotatable bonds is 12. The van der Waals surface area contributed by atoms with E-state index in [1.807, 2.05) is 48.3 Å². The van der Waals surface area contributed by atoms with E-state index in [1.54, 1.807) is 12.3 Å². The molecule has 2 saturated heterocycles. The maximum Gasteiger partial charge on any atom is 0.293 e. The highest BCUT2D eigenvalue weighted by Crippen LogP contribution is 2.44. The Morgan fingerprint density at radius 1 is 0.985 bits per heavy atom. The van der Waals surface area contributed by atoms with Crippen molar-refractivity contribution in [3.05, 3.63) is 111 Å². The molecule has 348 valence electrons. The van der Waals surface area contributed by atoms with Gasteiger partial charge in [-0.1, -0.05) is 43.2 Å². The van der Waals surface area contributed by atoms with Gasteiger partial charge in [-0.2, -0.15) is 4.98 Å². The molecule has 2 fully saturated rings. The molecular weight excluding hydrogens is 882 g/mol. The van der Waals surface area contributed by atoms with Gasteiger partial charge in [-0.3, -0.25) is 19.8 Å². The van der Waals surface area contributed by atoms with E-state index < -0.39 is 31.4 Å². The number of nitrogens with zero attached hydrogens (tertiary/aromatic N) is 6. The number of hydrogen-bond acceptors (Lipinski definition) is 13. The smallest absolute Gasteiger partial charge is 0.293 e. The van der Waals surface area contributed by atoms with Gasteiger partial charge in [0.1, 0.15) is 17.0 Å². The van der Waals surface area contributed by atoms with Crippen LogP contribution in [0.1, 0.15) is 55.5 Å². The highest BCUT2D eigenvalue weighted by atomic mass is 35.5. The molecule has 4 aliphatic rings. The number of pyridine rings is 1. The molecule has 1 amide bonds. The minimum atomic E-state index is -4.59. The van der Waals surface area contributed by atoms with E-state index in [1.165, 1.54) is 28.8 Å². The fourth-order valence-electron chi connectivity index (χ4n) is 9.47. The standard InChI is InChI=1S/C48H56ClN9O7S/c1-48(2)15-13-34(40(28-48)32-5-7-35(49)8-6-32)30-55-18-20-56(21-19-55)36-9-11-39(42(26-36)57-17-4-23-65-47-44(57)25-33-14-16-50-45(33)52-47)46(59)53-66(62,63)38-10-12-41(43(27-38)58(60)61)51-29-37-31-54(3)22-24-64-37/h5-12,14,16,25-27,37,51H,4,13,15,17-24,28-31H2,1-3H3,(H,50,52)(H,53,59)/t37-/m1/s1. The number of carbonyl (C=O) groups excluding carboxylic acids is 1. The number of aromatic nitrogens is 2. The fraction of sp³-hybridized carbons (Fsp3) is 0.417. The third kappa shape index (κ3) is 10.0. The van der Waals surface area contributed by atoms with Crippen molar-refractivity contribution in [3.8, 4) is 5.88 Å². The van der Waals surface area contributed by atoms with Gasteiger partial charge < -0.3 is 34.5 Å². The molecule has 0 saturated carbocycles. The molecule has 0 radical (unpaired) electrons. The number of carbonyl (C=O) groups is 1. The number of piperazine rings is 1. The van der Waals surface area contributed by atoms with Gasteiger partial charge >= 0.3 is 0 Å². The van der Waals surface area contributed by atoms with Crippen LogP contribution in [0.4, 0.5) is 28.4 Å². The quantitative estimate of drug-likeness (QED) is 0.0820. The van der Waals surface area contributed by atoms with Gasteiger partial charge in [0, 0.05) is 87.3 Å². The molecule has 5 aromatic rings. The maximum atomic E-state index is 14.4. The van der Waals surface area contributed by atoms with Crippen molar-refractivity contribution in [1.29, 1.82) is 0 Å². The summed E-state index contributed by atoms with van der Waals surface area (Å²) in [5, 5.41) is 16.9. The van der Waals surface area contributed by atoms with Crippen molar-refractivity contribution in [1.82, 2.24) is 24.5 Å². The van der Waals surface area contributed by atoms with Crippen LogP contribution in [0, 0.1) is 15.5 Å². The number of H-pyrrole nitrogens is 1. The molecule has 0 spiro atoms. The first-order valence-electron chi connectivity index (χ1n) is 22.6. The lowest BCUT2D eigenvalue weighted by molar-refractivity contribution is -0.384. The van der Waals surface area contributed by atoms with Crippen LogP contribution in [0.5, 0.6) is 5.88 Å². The van der Waals surface area contributed by atoms with Crippen LogP contribution in [0.2, 0.25) is 5.02 Å². The molecule has 18 heteroatoms. The molecule has 3 aliphatic heterocycles. The molecule has 16 nitrogen and oxygen atoms in total. The number of halogens is 1. The first-order chi connectivity index (χ1) is 31.7. The number of nitro benzene ring substituents is 1. The second kappa shape index (κ2) is 18.9. The van der Waals surface area contributed by atoms with E-state index in [0.29, 0.717) is 62.2 Å². The molecule has 3 aromatic carbocycles. The second-order valence-electron chi connectivity index (χ2n) is 18.5. The van der Waals surface area contributed by atoms with Crippen molar-refractivity contribution >= 4 is 72.6 Å². The summed E-state index contributed by atoms with van der Waals surface area (Å²) in [4.78, 5) is 42.4. The number of nitrogens with one attached hydrogen (secondary N) is 3. The first-order valence-corrected chi connectivity index (χ1v) is 24.4. The van der Waals surface area contributed by atoms with Crippen LogP contribution in [0.3, 0.4) is 0 Å². The minimum absolute atomic E-state index is 0.107. The Hall–Kier alpha value is -5.72. The van der Waals surface area contributed by atoms with E-state index in [0.717, 1.165) is 80.7 Å². The average Bonchev–Trinajstić information content (AvgIpc) is 3.66. The number of nitro groups is 1. The topological polar surface area (TPSA) is 179 Å². The number of hydrogen-bond donors (Lipinski definition) is 3. The number of aromatic amines is 1. The molecule has 0 unspecified atom stereocenters. The Balaban J connectivity index is 0.982. The van der Waals surface area contributed by atoms with Crippen molar-refractivity contribution in [3.63, 3.8) is 0 Å². The summed E-state index contributed by atoms with van der Waals surface area (Å²) < 4.78 is 42.1. The van der Waals surface area contributed by atoms with Gasteiger partial charge in [0.05, 0.1) is 40.4 Å². The lowest BCUT2D eigenvalue weighted by Gasteiger charge is -2.39. The number of sulfonamides is 1. The zero-order chi connectivity index (χ0) is 46.2. The molecule has 2 aromatic heterocycles. The van der Waals surface area contributed by atoms with Crippen LogP contribution < -0.4 is 24.6 Å². The number of ether oxygens (including phenoxy) is 2. The summed E-state index contributed by atoms with van der Waals surface area (Å²) >= 11 is 6.27. The van der Waals surface area contributed by atoms with Crippen LogP contribution in [0.25, 0.3) is 16.6 Å². The molecule has 1 atom stereocenters. The monoisotopic (exact) mass is 937 g/mol. The van der Waals surface area contributed by atoms with Gasteiger partial charge in [0.25, 0.3) is 21.6 Å². The Morgan fingerprint density at radius 2 is 1.79 bits per heavy atom. The lowest BCUT2D eigenvalue weighted by Crippen LogP contribution is -2.47. The van der Waals surface area contributed by atoms with Gasteiger partial charge in [0.2, 0.25) is 5.88 Å². The predicted octanol–water partition coefficient (Wildman–Crippen LogP) is 7.69. The Bertz CT molecular complexity index is 2770. The van der Waals surface area contributed by atoms with E-state index in [9.17, 15) is 23.3 Å². The van der Waals surface area contributed by atoms with Gasteiger partial charge in [-0.15, -0.1) is 0 Å². The van der Waals surface area contributed by atoms with E-state index in [4.69, 9.17) is 26.1 Å². The Labute approximate surface area is 390 Å². The number of amides is 1. The Kier molecular flexibility index (Phi) is 13.0. The summed E-state index contributed by atoms with van der Waals surface area (Å²) in [7, 11) is -2.61.